The second-order valence-electron chi connectivity index (χ2n) is 4.47. The van der Waals surface area contributed by atoms with Gasteiger partial charge in [-0.2, -0.15) is 0 Å². The smallest absolute Gasteiger partial charge is 0.00207 e. The van der Waals surface area contributed by atoms with Gasteiger partial charge in [0, 0.05) is 6.54 Å². The van der Waals surface area contributed by atoms with E-state index < -0.39 is 0 Å². The molecule has 1 fully saturated rings. The van der Waals surface area contributed by atoms with Crippen LogP contribution in [-0.4, -0.2) is 13.1 Å². The molecule has 0 aliphatic carbocycles. The normalized spacial score (nSPS) is 20.3. The van der Waals surface area contributed by atoms with Crippen LogP contribution in [0, 0.1) is 0 Å². The molecule has 0 bridgehead atoms. The van der Waals surface area contributed by atoms with Crippen LogP contribution in [0.3, 0.4) is 0 Å². The minimum Gasteiger partial charge on any atom is -0.316 e. The Balaban J connectivity index is 0.00000112. The van der Waals surface area contributed by atoms with Gasteiger partial charge in [-0.05, 0) is 35.9 Å². The zero-order chi connectivity index (χ0) is 9.97. The van der Waals surface area contributed by atoms with Crippen LogP contribution >= 0.6 is 12.4 Å². The minimum atomic E-state index is 0. The number of hydrogen-bond acceptors (Lipinski definition) is 1. The molecule has 1 unspecified atom stereocenters. The van der Waals surface area contributed by atoms with Gasteiger partial charge < -0.3 is 5.32 Å². The fourth-order valence-corrected chi connectivity index (χ4v) is 2.33. The molecule has 0 aromatic heterocycles. The highest BCUT2D eigenvalue weighted by Crippen LogP contribution is 2.29. The molecule has 1 aromatic carbocycles. The zero-order valence-electron chi connectivity index (χ0n) is 9.49. The molecule has 15 heavy (non-hydrogen) atoms. The van der Waals surface area contributed by atoms with E-state index in [4.69, 9.17) is 0 Å². The highest BCUT2D eigenvalue weighted by molar-refractivity contribution is 5.85. The predicted octanol–water partition coefficient (Wildman–Crippen LogP) is 3.31. The van der Waals surface area contributed by atoms with E-state index in [0.717, 1.165) is 12.5 Å². The number of rotatable bonds is 2. The van der Waals surface area contributed by atoms with Crippen LogP contribution in [0.2, 0.25) is 0 Å². The maximum atomic E-state index is 3.44. The van der Waals surface area contributed by atoms with Gasteiger partial charge in [0.05, 0.1) is 0 Å². The van der Waals surface area contributed by atoms with Crippen molar-refractivity contribution in [2.45, 2.75) is 32.1 Å². The van der Waals surface area contributed by atoms with Gasteiger partial charge in [0.15, 0.2) is 0 Å². The maximum absolute atomic E-state index is 3.44. The minimum absolute atomic E-state index is 0. The van der Waals surface area contributed by atoms with Crippen molar-refractivity contribution in [3.63, 3.8) is 0 Å². The molecule has 0 amide bonds. The molecule has 1 atom stereocenters. The summed E-state index contributed by atoms with van der Waals surface area (Å²) in [7, 11) is 0. The van der Waals surface area contributed by atoms with E-state index in [1.807, 2.05) is 0 Å². The summed E-state index contributed by atoms with van der Waals surface area (Å²) in [6.07, 6.45) is 1.30. The van der Waals surface area contributed by atoms with Crippen LogP contribution in [0.1, 0.15) is 43.2 Å². The van der Waals surface area contributed by atoms with Gasteiger partial charge in [-0.1, -0.05) is 38.1 Å². The zero-order valence-corrected chi connectivity index (χ0v) is 10.3. The molecular weight excluding hydrogens is 206 g/mol. The molecule has 0 radical (unpaired) electrons. The predicted molar refractivity (Wildman–Crippen MR) is 68.0 cm³/mol. The molecule has 1 heterocycles. The van der Waals surface area contributed by atoms with E-state index >= 15 is 0 Å². The van der Waals surface area contributed by atoms with Gasteiger partial charge >= 0.3 is 0 Å². The molecule has 84 valence electrons. The molecule has 2 rings (SSSR count). The first kappa shape index (κ1) is 12.5. The molecule has 2 heteroatoms. The third kappa shape index (κ3) is 2.73. The highest BCUT2D eigenvalue weighted by Gasteiger charge is 2.19. The number of hydrogen-bond donors (Lipinski definition) is 1. The average Bonchev–Trinajstić information content (AvgIpc) is 2.70. The van der Waals surface area contributed by atoms with Crippen molar-refractivity contribution < 1.29 is 0 Å². The van der Waals surface area contributed by atoms with Crippen molar-refractivity contribution in [2.24, 2.45) is 0 Å². The fourth-order valence-electron chi connectivity index (χ4n) is 2.33. The summed E-state index contributed by atoms with van der Waals surface area (Å²) >= 11 is 0. The molecule has 0 spiro atoms. The van der Waals surface area contributed by atoms with Gasteiger partial charge in [0.25, 0.3) is 0 Å². The lowest BCUT2D eigenvalue weighted by Crippen LogP contribution is -2.09. The van der Waals surface area contributed by atoms with Gasteiger partial charge in [-0.25, -0.2) is 0 Å². The summed E-state index contributed by atoms with van der Waals surface area (Å²) in [6, 6.07) is 8.89. The highest BCUT2D eigenvalue weighted by atomic mass is 35.5. The first-order valence-corrected chi connectivity index (χ1v) is 5.58. The van der Waals surface area contributed by atoms with Crippen LogP contribution in [0.15, 0.2) is 24.3 Å². The summed E-state index contributed by atoms with van der Waals surface area (Å²) < 4.78 is 0. The monoisotopic (exact) mass is 225 g/mol. The molecule has 1 saturated heterocycles. The van der Waals surface area contributed by atoms with E-state index in [1.54, 1.807) is 5.56 Å². The summed E-state index contributed by atoms with van der Waals surface area (Å²) in [5.74, 6) is 1.39. The van der Waals surface area contributed by atoms with Crippen LogP contribution in [0.4, 0.5) is 0 Å². The number of nitrogens with one attached hydrogen (secondary N) is 1. The van der Waals surface area contributed by atoms with E-state index in [2.05, 4.69) is 43.4 Å². The maximum Gasteiger partial charge on any atom is 0.00207 e. The van der Waals surface area contributed by atoms with E-state index in [-0.39, 0.29) is 12.4 Å². The summed E-state index contributed by atoms with van der Waals surface area (Å²) in [4.78, 5) is 0. The third-order valence-electron chi connectivity index (χ3n) is 3.12. The van der Waals surface area contributed by atoms with Crippen molar-refractivity contribution in [1.82, 2.24) is 5.32 Å². The summed E-state index contributed by atoms with van der Waals surface area (Å²) in [5, 5.41) is 3.44. The van der Waals surface area contributed by atoms with Crippen molar-refractivity contribution in [1.29, 1.82) is 0 Å². The van der Waals surface area contributed by atoms with Crippen molar-refractivity contribution in [3.8, 4) is 0 Å². The Labute approximate surface area is 98.7 Å². The lowest BCUT2D eigenvalue weighted by Gasteiger charge is -2.17. The quantitative estimate of drug-likeness (QED) is 0.815. The Morgan fingerprint density at radius 2 is 2.00 bits per heavy atom. The van der Waals surface area contributed by atoms with E-state index in [0.29, 0.717) is 5.92 Å². The summed E-state index contributed by atoms with van der Waals surface area (Å²) in [6.45, 7) is 6.89. The Hall–Kier alpha value is -0.530. The van der Waals surface area contributed by atoms with Crippen molar-refractivity contribution in [3.05, 3.63) is 35.4 Å². The van der Waals surface area contributed by atoms with Gasteiger partial charge in [0.2, 0.25) is 0 Å². The van der Waals surface area contributed by atoms with Crippen molar-refractivity contribution in [2.75, 3.05) is 13.1 Å². The SMILES string of the molecule is CC(C)c1ccccc1C1CCNC1.Cl. The number of benzene rings is 1. The molecule has 1 aliphatic rings. The Kier molecular flexibility index (Phi) is 4.62. The second kappa shape index (κ2) is 5.53. The average molecular weight is 226 g/mol. The van der Waals surface area contributed by atoms with Crippen LogP contribution < -0.4 is 5.32 Å². The third-order valence-corrected chi connectivity index (χ3v) is 3.12. The van der Waals surface area contributed by atoms with Gasteiger partial charge in [-0.15, -0.1) is 12.4 Å². The largest absolute Gasteiger partial charge is 0.316 e. The van der Waals surface area contributed by atoms with Crippen LogP contribution in [-0.2, 0) is 0 Å². The fraction of sp³-hybridized carbons (Fsp3) is 0.538. The molecule has 0 saturated carbocycles. The first-order chi connectivity index (χ1) is 6.79. The molecule has 1 nitrogen and oxygen atoms in total. The molecular formula is C13H20ClN. The first-order valence-electron chi connectivity index (χ1n) is 5.58. The lowest BCUT2D eigenvalue weighted by molar-refractivity contribution is 0.731. The van der Waals surface area contributed by atoms with Crippen molar-refractivity contribution >= 4 is 12.4 Å². The number of halogens is 1. The molecule has 1 N–H and O–H groups in total. The second-order valence-corrected chi connectivity index (χ2v) is 4.47. The van der Waals surface area contributed by atoms with Crippen LogP contribution in [0.5, 0.6) is 0 Å². The summed E-state index contributed by atoms with van der Waals surface area (Å²) in [5.41, 5.74) is 3.09. The standard InChI is InChI=1S/C13H19N.ClH/c1-10(2)12-5-3-4-6-13(12)11-7-8-14-9-11;/h3-6,10-11,14H,7-9H2,1-2H3;1H. The Morgan fingerprint density at radius 3 is 2.60 bits per heavy atom. The topological polar surface area (TPSA) is 12.0 Å². The van der Waals surface area contributed by atoms with E-state index in [1.165, 1.54) is 18.5 Å². The lowest BCUT2D eigenvalue weighted by atomic mass is 9.88. The van der Waals surface area contributed by atoms with Gasteiger partial charge in [0.1, 0.15) is 0 Å². The Bertz CT molecular complexity index is 303. The van der Waals surface area contributed by atoms with E-state index in [9.17, 15) is 0 Å². The molecule has 1 aliphatic heterocycles. The molecule has 1 aromatic rings. The van der Waals surface area contributed by atoms with Gasteiger partial charge in [-0.3, -0.25) is 0 Å². The van der Waals surface area contributed by atoms with Crippen LogP contribution in [0.25, 0.3) is 0 Å². The Morgan fingerprint density at radius 1 is 1.27 bits per heavy atom.